The number of rotatable bonds is 2. The van der Waals surface area contributed by atoms with E-state index in [-0.39, 0.29) is 18.3 Å². The van der Waals surface area contributed by atoms with Crippen LogP contribution in [0.1, 0.15) is 18.6 Å². The lowest BCUT2D eigenvalue weighted by Crippen LogP contribution is -2.09. The number of aliphatic hydroxyl groups excluding tert-OH is 1. The first kappa shape index (κ1) is 7.77. The molecule has 0 spiro atoms. The molecule has 64 valence electrons. The average Bonchev–Trinajstić information content (AvgIpc) is 2.84. The predicted molar refractivity (Wildman–Crippen MR) is 45.7 cm³/mol. The molecule has 0 radical (unpaired) electrons. The third kappa shape index (κ3) is 1.36. The topological polar surface area (TPSA) is 32.8 Å². The van der Waals surface area contributed by atoms with E-state index in [1.165, 1.54) is 0 Å². The summed E-state index contributed by atoms with van der Waals surface area (Å²) in [4.78, 5) is 0. The van der Waals surface area contributed by atoms with Gasteiger partial charge in [0.15, 0.2) is 0 Å². The maximum Gasteiger partial charge on any atom is 0.114 e. The zero-order valence-electron chi connectivity index (χ0n) is 6.97. The Morgan fingerprint density at radius 3 is 2.50 bits per heavy atom. The van der Waals surface area contributed by atoms with Crippen LogP contribution in [0, 0.1) is 0 Å². The molecule has 1 aliphatic heterocycles. The summed E-state index contributed by atoms with van der Waals surface area (Å²) < 4.78 is 5.31. The van der Waals surface area contributed by atoms with Crippen LogP contribution in [-0.2, 0) is 4.74 Å². The molecule has 0 aliphatic carbocycles. The Morgan fingerprint density at radius 2 is 2.00 bits per heavy atom. The molecule has 2 rings (SSSR count). The lowest BCUT2D eigenvalue weighted by atomic mass is 10.1. The molecule has 0 amide bonds. The van der Waals surface area contributed by atoms with E-state index in [0.29, 0.717) is 0 Å². The quantitative estimate of drug-likeness (QED) is 0.672. The third-order valence-corrected chi connectivity index (χ3v) is 2.13. The van der Waals surface area contributed by atoms with Crippen LogP contribution in [0.15, 0.2) is 30.3 Å². The van der Waals surface area contributed by atoms with Crippen molar-refractivity contribution in [2.24, 2.45) is 0 Å². The van der Waals surface area contributed by atoms with E-state index in [4.69, 9.17) is 4.74 Å². The van der Waals surface area contributed by atoms with Crippen molar-refractivity contribution >= 4 is 0 Å². The molecule has 0 saturated carbocycles. The number of benzene rings is 1. The van der Waals surface area contributed by atoms with Gasteiger partial charge in [0, 0.05) is 0 Å². The smallest absolute Gasteiger partial charge is 0.114 e. The largest absolute Gasteiger partial charge is 0.391 e. The van der Waals surface area contributed by atoms with Crippen molar-refractivity contribution in [3.05, 3.63) is 35.9 Å². The Hall–Kier alpha value is -0.860. The molecule has 1 aromatic rings. The fourth-order valence-corrected chi connectivity index (χ4v) is 1.40. The highest BCUT2D eigenvalue weighted by Crippen LogP contribution is 2.40. The number of ether oxygens (including phenoxy) is 1. The number of hydrogen-bond donors (Lipinski definition) is 1. The fourth-order valence-electron chi connectivity index (χ4n) is 1.40. The van der Waals surface area contributed by atoms with Crippen LogP contribution in [0.2, 0.25) is 0 Å². The van der Waals surface area contributed by atoms with Crippen molar-refractivity contribution in [1.82, 2.24) is 0 Å². The molecular weight excluding hydrogens is 152 g/mol. The first-order chi connectivity index (χ1) is 5.79. The summed E-state index contributed by atoms with van der Waals surface area (Å²) >= 11 is 0. The summed E-state index contributed by atoms with van der Waals surface area (Å²) in [6.45, 7) is 1.76. The first-order valence-electron chi connectivity index (χ1n) is 4.17. The minimum Gasteiger partial charge on any atom is -0.391 e. The maximum absolute atomic E-state index is 9.20. The molecule has 1 aliphatic rings. The Bertz CT molecular complexity index is 256. The Morgan fingerprint density at radius 1 is 1.33 bits per heavy atom. The molecule has 1 fully saturated rings. The molecule has 1 saturated heterocycles. The maximum atomic E-state index is 9.20. The predicted octanol–water partition coefficient (Wildman–Crippen LogP) is 1.51. The van der Waals surface area contributed by atoms with Gasteiger partial charge in [-0.3, -0.25) is 0 Å². The van der Waals surface area contributed by atoms with Crippen LogP contribution in [-0.4, -0.2) is 17.3 Å². The van der Waals surface area contributed by atoms with Gasteiger partial charge in [-0.1, -0.05) is 30.3 Å². The molecular formula is C10H12O2. The summed E-state index contributed by atoms with van der Waals surface area (Å²) in [6.07, 6.45) is -0.242. The summed E-state index contributed by atoms with van der Waals surface area (Å²) in [5.74, 6) is 0. The lowest BCUT2D eigenvalue weighted by Gasteiger charge is -1.97. The second-order valence-corrected chi connectivity index (χ2v) is 3.17. The molecule has 0 bridgehead atoms. The number of aliphatic hydroxyl groups is 1. The average molecular weight is 164 g/mol. The molecule has 2 nitrogen and oxygen atoms in total. The fraction of sp³-hybridized carbons (Fsp3) is 0.400. The van der Waals surface area contributed by atoms with Gasteiger partial charge in [0.25, 0.3) is 0 Å². The van der Waals surface area contributed by atoms with Crippen LogP contribution in [0.5, 0.6) is 0 Å². The van der Waals surface area contributed by atoms with Crippen LogP contribution >= 0.6 is 0 Å². The van der Waals surface area contributed by atoms with Crippen LogP contribution in [0.25, 0.3) is 0 Å². The van der Waals surface area contributed by atoms with E-state index in [1.807, 2.05) is 30.3 Å². The zero-order chi connectivity index (χ0) is 8.55. The van der Waals surface area contributed by atoms with E-state index < -0.39 is 0 Å². The van der Waals surface area contributed by atoms with Crippen molar-refractivity contribution in [2.45, 2.75) is 25.2 Å². The standard InChI is InChI=1S/C10H12O2/c1-7(11)9-10(12-9)8-5-3-2-4-6-8/h2-7,9-11H,1H3/t7-,9+,10+/m1/s1. The minimum atomic E-state index is -0.366. The molecule has 1 aromatic carbocycles. The highest BCUT2D eigenvalue weighted by molar-refractivity contribution is 5.22. The summed E-state index contributed by atoms with van der Waals surface area (Å²) in [6, 6.07) is 9.98. The van der Waals surface area contributed by atoms with Gasteiger partial charge < -0.3 is 9.84 Å². The third-order valence-electron chi connectivity index (χ3n) is 2.13. The Balaban J connectivity index is 2.06. The first-order valence-corrected chi connectivity index (χ1v) is 4.17. The van der Waals surface area contributed by atoms with E-state index in [1.54, 1.807) is 6.92 Å². The molecule has 3 atom stereocenters. The minimum absolute atomic E-state index is 0.00685. The highest BCUT2D eigenvalue weighted by atomic mass is 16.6. The van der Waals surface area contributed by atoms with Gasteiger partial charge in [0.1, 0.15) is 12.2 Å². The zero-order valence-corrected chi connectivity index (χ0v) is 6.97. The number of hydrogen-bond acceptors (Lipinski definition) is 2. The van der Waals surface area contributed by atoms with Gasteiger partial charge in [-0.15, -0.1) is 0 Å². The molecule has 1 N–H and O–H groups in total. The van der Waals surface area contributed by atoms with Crippen molar-refractivity contribution in [2.75, 3.05) is 0 Å². The van der Waals surface area contributed by atoms with Gasteiger partial charge in [-0.05, 0) is 12.5 Å². The van der Waals surface area contributed by atoms with Gasteiger partial charge in [0.05, 0.1) is 6.10 Å². The highest BCUT2D eigenvalue weighted by Gasteiger charge is 2.43. The van der Waals surface area contributed by atoms with Crippen molar-refractivity contribution in [3.63, 3.8) is 0 Å². The van der Waals surface area contributed by atoms with Crippen LogP contribution < -0.4 is 0 Å². The lowest BCUT2D eigenvalue weighted by molar-refractivity contribution is 0.152. The molecule has 12 heavy (non-hydrogen) atoms. The second-order valence-electron chi connectivity index (χ2n) is 3.17. The molecule has 1 heterocycles. The van der Waals surface area contributed by atoms with E-state index >= 15 is 0 Å². The SMILES string of the molecule is C[C@@H](O)[C@@H]1O[C@H]1c1ccccc1. The molecule has 2 heteroatoms. The van der Waals surface area contributed by atoms with Gasteiger partial charge in [-0.25, -0.2) is 0 Å². The van der Waals surface area contributed by atoms with Crippen molar-refractivity contribution in [3.8, 4) is 0 Å². The molecule has 0 aromatic heterocycles. The summed E-state index contributed by atoms with van der Waals surface area (Å²) in [5.41, 5.74) is 1.16. The monoisotopic (exact) mass is 164 g/mol. The second kappa shape index (κ2) is 2.88. The number of epoxide rings is 1. The molecule has 0 unspecified atom stereocenters. The van der Waals surface area contributed by atoms with Gasteiger partial charge >= 0.3 is 0 Å². The van der Waals surface area contributed by atoms with Crippen molar-refractivity contribution in [1.29, 1.82) is 0 Å². The summed E-state index contributed by atoms with van der Waals surface area (Å²) in [7, 11) is 0. The summed E-state index contributed by atoms with van der Waals surface area (Å²) in [5, 5.41) is 9.20. The Labute approximate surface area is 71.8 Å². The van der Waals surface area contributed by atoms with E-state index in [9.17, 15) is 5.11 Å². The van der Waals surface area contributed by atoms with Crippen LogP contribution in [0.3, 0.4) is 0 Å². The van der Waals surface area contributed by atoms with Gasteiger partial charge in [0.2, 0.25) is 0 Å². The van der Waals surface area contributed by atoms with Crippen LogP contribution in [0.4, 0.5) is 0 Å². The normalized spacial score (nSPS) is 29.8. The van der Waals surface area contributed by atoms with Crippen molar-refractivity contribution < 1.29 is 9.84 Å². The Kier molecular flexibility index (Phi) is 1.87. The van der Waals surface area contributed by atoms with E-state index in [2.05, 4.69) is 0 Å². The van der Waals surface area contributed by atoms with Gasteiger partial charge in [-0.2, -0.15) is 0 Å². The van der Waals surface area contributed by atoms with E-state index in [0.717, 1.165) is 5.56 Å².